The van der Waals surface area contributed by atoms with Gasteiger partial charge in [-0.2, -0.15) is 0 Å². The van der Waals surface area contributed by atoms with Crippen molar-refractivity contribution < 1.29 is 4.79 Å². The van der Waals surface area contributed by atoms with Crippen molar-refractivity contribution >= 4 is 38.9 Å². The fourth-order valence-corrected chi connectivity index (χ4v) is 4.40. The number of halogens is 1. The molecule has 0 spiro atoms. The van der Waals surface area contributed by atoms with E-state index in [0.717, 1.165) is 29.5 Å². The molecule has 1 aliphatic rings. The van der Waals surface area contributed by atoms with Crippen LogP contribution in [0.25, 0.3) is 0 Å². The summed E-state index contributed by atoms with van der Waals surface area (Å²) in [5.74, 6) is 0.0491. The Kier molecular flexibility index (Phi) is 4.96. The van der Waals surface area contributed by atoms with Crippen LogP contribution in [0.4, 0.5) is 5.69 Å². The first-order valence-electron chi connectivity index (χ1n) is 7.47. The Bertz CT molecular complexity index is 657. The van der Waals surface area contributed by atoms with Gasteiger partial charge >= 0.3 is 0 Å². The van der Waals surface area contributed by atoms with Crippen LogP contribution < -0.4 is 5.32 Å². The zero-order valence-corrected chi connectivity index (χ0v) is 14.9. The summed E-state index contributed by atoms with van der Waals surface area (Å²) in [5, 5.41) is 5.11. The molecule has 1 aromatic carbocycles. The van der Waals surface area contributed by atoms with E-state index in [-0.39, 0.29) is 5.91 Å². The SMILES string of the molecule is Cc1ccc(NC(=O)CN2CCC[C@@H]2c2cccs2)c(Br)c1. The number of hydrogen-bond acceptors (Lipinski definition) is 3. The van der Waals surface area contributed by atoms with E-state index in [1.54, 1.807) is 11.3 Å². The lowest BCUT2D eigenvalue weighted by Gasteiger charge is -2.23. The van der Waals surface area contributed by atoms with Gasteiger partial charge in [-0.3, -0.25) is 9.69 Å². The summed E-state index contributed by atoms with van der Waals surface area (Å²) in [6.07, 6.45) is 2.30. The minimum Gasteiger partial charge on any atom is -0.324 e. The van der Waals surface area contributed by atoms with Crippen molar-refractivity contribution in [2.45, 2.75) is 25.8 Å². The summed E-state index contributed by atoms with van der Waals surface area (Å²) in [7, 11) is 0. The highest BCUT2D eigenvalue weighted by molar-refractivity contribution is 9.10. The van der Waals surface area contributed by atoms with E-state index < -0.39 is 0 Å². The summed E-state index contributed by atoms with van der Waals surface area (Å²) in [6, 6.07) is 10.6. The summed E-state index contributed by atoms with van der Waals surface area (Å²) in [6.45, 7) is 3.47. The lowest BCUT2D eigenvalue weighted by molar-refractivity contribution is -0.117. The first-order valence-corrected chi connectivity index (χ1v) is 9.14. The third-order valence-corrected chi connectivity index (χ3v) is 5.61. The van der Waals surface area contributed by atoms with Crippen LogP contribution in [0, 0.1) is 6.92 Å². The van der Waals surface area contributed by atoms with Crippen LogP contribution in [-0.4, -0.2) is 23.9 Å². The van der Waals surface area contributed by atoms with Crippen LogP contribution in [0.2, 0.25) is 0 Å². The van der Waals surface area contributed by atoms with Crippen LogP contribution in [-0.2, 0) is 4.79 Å². The molecule has 0 saturated carbocycles. The molecule has 0 radical (unpaired) electrons. The molecule has 1 aromatic heterocycles. The number of amides is 1. The van der Waals surface area contributed by atoms with E-state index >= 15 is 0 Å². The maximum absolute atomic E-state index is 12.4. The third kappa shape index (κ3) is 3.59. The van der Waals surface area contributed by atoms with Gasteiger partial charge < -0.3 is 5.32 Å². The Hall–Kier alpha value is -1.17. The van der Waals surface area contributed by atoms with Gasteiger partial charge in [-0.05, 0) is 71.4 Å². The maximum atomic E-state index is 12.4. The number of likely N-dealkylation sites (tertiary alicyclic amines) is 1. The molecule has 2 aromatic rings. The van der Waals surface area contributed by atoms with Gasteiger partial charge in [-0.25, -0.2) is 0 Å². The molecule has 22 heavy (non-hydrogen) atoms. The highest BCUT2D eigenvalue weighted by atomic mass is 79.9. The number of thiophene rings is 1. The van der Waals surface area contributed by atoms with Gasteiger partial charge in [0, 0.05) is 15.4 Å². The molecule has 0 bridgehead atoms. The molecule has 5 heteroatoms. The predicted molar refractivity (Wildman–Crippen MR) is 95.4 cm³/mol. The molecule has 1 N–H and O–H groups in total. The van der Waals surface area contributed by atoms with E-state index in [4.69, 9.17) is 0 Å². The zero-order chi connectivity index (χ0) is 15.5. The molecule has 1 amide bonds. The maximum Gasteiger partial charge on any atom is 0.238 e. The fourth-order valence-electron chi connectivity index (χ4n) is 2.91. The molecule has 3 nitrogen and oxygen atoms in total. The highest BCUT2D eigenvalue weighted by Gasteiger charge is 2.28. The van der Waals surface area contributed by atoms with Crippen molar-refractivity contribution in [2.24, 2.45) is 0 Å². The van der Waals surface area contributed by atoms with Gasteiger partial charge in [0.1, 0.15) is 0 Å². The Morgan fingerprint density at radius 3 is 3.05 bits per heavy atom. The molecule has 0 unspecified atom stereocenters. The van der Waals surface area contributed by atoms with Gasteiger partial charge in [0.2, 0.25) is 5.91 Å². The second-order valence-electron chi connectivity index (χ2n) is 5.68. The Morgan fingerprint density at radius 2 is 2.32 bits per heavy atom. The average Bonchev–Trinajstić information content (AvgIpc) is 3.12. The first-order chi connectivity index (χ1) is 10.6. The number of anilines is 1. The number of nitrogens with one attached hydrogen (secondary N) is 1. The molecular formula is C17H19BrN2OS. The average molecular weight is 379 g/mol. The van der Waals surface area contributed by atoms with Crippen LogP contribution in [0.15, 0.2) is 40.2 Å². The minimum atomic E-state index is 0.0491. The molecular weight excluding hydrogens is 360 g/mol. The van der Waals surface area contributed by atoms with Crippen molar-refractivity contribution in [3.63, 3.8) is 0 Å². The van der Waals surface area contributed by atoms with Crippen molar-refractivity contribution in [3.05, 3.63) is 50.6 Å². The molecule has 1 atom stereocenters. The molecule has 1 aliphatic heterocycles. The summed E-state index contributed by atoms with van der Waals surface area (Å²) < 4.78 is 0.928. The minimum absolute atomic E-state index is 0.0491. The molecule has 3 rings (SSSR count). The first kappa shape index (κ1) is 15.7. The monoisotopic (exact) mass is 378 g/mol. The van der Waals surface area contributed by atoms with Crippen LogP contribution in [0.1, 0.15) is 29.3 Å². The number of nitrogens with zero attached hydrogens (tertiary/aromatic N) is 1. The molecule has 1 fully saturated rings. The predicted octanol–water partition coefficient (Wildman–Crippen LogP) is 4.59. The second-order valence-corrected chi connectivity index (χ2v) is 7.51. The smallest absolute Gasteiger partial charge is 0.238 e. The Balaban J connectivity index is 1.64. The molecule has 1 saturated heterocycles. The van der Waals surface area contributed by atoms with Gasteiger partial charge in [0.15, 0.2) is 0 Å². The quantitative estimate of drug-likeness (QED) is 0.843. The Morgan fingerprint density at radius 1 is 1.45 bits per heavy atom. The molecule has 0 aliphatic carbocycles. The van der Waals surface area contributed by atoms with Gasteiger partial charge in [-0.1, -0.05) is 12.1 Å². The summed E-state index contributed by atoms with van der Waals surface area (Å²) in [4.78, 5) is 16.0. The van der Waals surface area contributed by atoms with Crippen molar-refractivity contribution in [1.29, 1.82) is 0 Å². The number of carbonyl (C=O) groups excluding carboxylic acids is 1. The van der Waals surface area contributed by atoms with E-state index in [1.165, 1.54) is 10.4 Å². The summed E-state index contributed by atoms with van der Waals surface area (Å²) >= 11 is 5.28. The zero-order valence-electron chi connectivity index (χ0n) is 12.5. The topological polar surface area (TPSA) is 32.3 Å². The largest absolute Gasteiger partial charge is 0.324 e. The number of aryl methyl sites for hydroxylation is 1. The third-order valence-electron chi connectivity index (χ3n) is 3.98. The lowest BCUT2D eigenvalue weighted by atomic mass is 10.2. The van der Waals surface area contributed by atoms with Gasteiger partial charge in [0.25, 0.3) is 0 Å². The van der Waals surface area contributed by atoms with Crippen molar-refractivity contribution in [1.82, 2.24) is 4.90 Å². The number of carbonyl (C=O) groups is 1. The van der Waals surface area contributed by atoms with Crippen molar-refractivity contribution in [3.8, 4) is 0 Å². The standard InChI is InChI=1S/C17H19BrN2OS/c1-12-6-7-14(13(18)10-12)19-17(21)11-20-8-2-4-15(20)16-5-3-9-22-16/h3,5-7,9-10,15H,2,4,8,11H2,1H3,(H,19,21)/t15-/m1/s1. The van der Waals surface area contributed by atoms with E-state index in [0.29, 0.717) is 12.6 Å². The van der Waals surface area contributed by atoms with Crippen molar-refractivity contribution in [2.75, 3.05) is 18.4 Å². The highest BCUT2D eigenvalue weighted by Crippen LogP contribution is 2.34. The Labute approximate surface area is 143 Å². The number of benzene rings is 1. The van der Waals surface area contributed by atoms with E-state index in [2.05, 4.69) is 43.7 Å². The molecule has 2 heterocycles. The molecule has 116 valence electrons. The fraction of sp³-hybridized carbons (Fsp3) is 0.353. The van der Waals surface area contributed by atoms with Gasteiger partial charge in [0.05, 0.1) is 12.2 Å². The summed E-state index contributed by atoms with van der Waals surface area (Å²) in [5.41, 5.74) is 2.00. The second kappa shape index (κ2) is 6.94. The van der Waals surface area contributed by atoms with E-state index in [9.17, 15) is 4.79 Å². The van der Waals surface area contributed by atoms with Crippen LogP contribution in [0.3, 0.4) is 0 Å². The number of rotatable bonds is 4. The normalized spacial score (nSPS) is 18.5. The van der Waals surface area contributed by atoms with Crippen LogP contribution >= 0.6 is 27.3 Å². The van der Waals surface area contributed by atoms with Gasteiger partial charge in [-0.15, -0.1) is 11.3 Å². The van der Waals surface area contributed by atoms with Crippen LogP contribution in [0.5, 0.6) is 0 Å². The van der Waals surface area contributed by atoms with E-state index in [1.807, 2.05) is 25.1 Å². The number of hydrogen-bond donors (Lipinski definition) is 1. The lowest BCUT2D eigenvalue weighted by Crippen LogP contribution is -2.32.